The second-order valence-electron chi connectivity index (χ2n) is 9.23. The van der Waals surface area contributed by atoms with Gasteiger partial charge in [-0.2, -0.15) is 0 Å². The lowest BCUT2D eigenvalue weighted by Crippen LogP contribution is -2.65. The van der Waals surface area contributed by atoms with Crippen LogP contribution in [0.15, 0.2) is 6.33 Å². The van der Waals surface area contributed by atoms with Crippen molar-refractivity contribution in [2.75, 3.05) is 20.3 Å². The molecule has 0 radical (unpaired) electrons. The number of imidazole rings is 1. The van der Waals surface area contributed by atoms with Crippen LogP contribution in [0, 0.1) is 0 Å². The summed E-state index contributed by atoms with van der Waals surface area (Å²) >= 11 is 0. The lowest BCUT2D eigenvalue weighted by molar-refractivity contribution is -0.133. The van der Waals surface area contributed by atoms with E-state index in [0.717, 1.165) is 25.7 Å². The minimum atomic E-state index is -1.09. The van der Waals surface area contributed by atoms with Gasteiger partial charge < -0.3 is 24.3 Å². The Labute approximate surface area is 189 Å². The summed E-state index contributed by atoms with van der Waals surface area (Å²) < 4.78 is 12.0. The van der Waals surface area contributed by atoms with E-state index < -0.39 is 17.4 Å². The van der Waals surface area contributed by atoms with Crippen LogP contribution in [0.25, 0.3) is 0 Å². The Balaban J connectivity index is 1.86. The smallest absolute Gasteiger partial charge is 0.359 e. The first kappa shape index (κ1) is 24.2. The average molecular weight is 449 g/mol. The first-order valence-corrected chi connectivity index (χ1v) is 11.7. The van der Waals surface area contributed by atoms with Gasteiger partial charge >= 0.3 is 5.97 Å². The number of fused-ring (bicyclic) bond motifs is 1. The zero-order valence-electron chi connectivity index (χ0n) is 19.7. The molecule has 1 aromatic rings. The third-order valence-corrected chi connectivity index (χ3v) is 6.39. The topological polar surface area (TPSA) is 103 Å². The molecule has 2 aliphatic rings. The number of methoxy groups -OCH3 is 1. The Kier molecular flexibility index (Phi) is 7.92. The second-order valence-corrected chi connectivity index (χ2v) is 9.23. The lowest BCUT2D eigenvalue weighted by Gasteiger charge is -2.44. The summed E-state index contributed by atoms with van der Waals surface area (Å²) in [6.07, 6.45) is 8.62. The highest BCUT2D eigenvalue weighted by Crippen LogP contribution is 2.30. The Morgan fingerprint density at radius 3 is 2.56 bits per heavy atom. The number of carbonyl (C=O) groups excluding carboxylic acids is 3. The zero-order valence-corrected chi connectivity index (χ0v) is 19.7. The van der Waals surface area contributed by atoms with Gasteiger partial charge in [0.05, 0.1) is 26.1 Å². The van der Waals surface area contributed by atoms with E-state index in [4.69, 9.17) is 9.47 Å². The minimum absolute atomic E-state index is 0.0212. The van der Waals surface area contributed by atoms with Gasteiger partial charge in [-0.05, 0) is 40.0 Å². The van der Waals surface area contributed by atoms with Crippen molar-refractivity contribution >= 4 is 17.8 Å². The molecule has 1 fully saturated rings. The maximum Gasteiger partial charge on any atom is 0.359 e. The van der Waals surface area contributed by atoms with Crippen molar-refractivity contribution in [1.82, 2.24) is 19.8 Å². The normalized spacial score (nSPS) is 21.9. The summed E-state index contributed by atoms with van der Waals surface area (Å²) in [7, 11) is 1.26. The van der Waals surface area contributed by atoms with Crippen molar-refractivity contribution in [1.29, 1.82) is 0 Å². The SMILES string of the molecule is COC(=O)c1ncn2c1C(=O)N(CCCOC(C)C)C(C)(C(=O)NC1CCCCCC1)C2. The molecule has 1 aromatic heterocycles. The summed E-state index contributed by atoms with van der Waals surface area (Å²) in [5.74, 6) is -1.22. The third-order valence-electron chi connectivity index (χ3n) is 6.39. The minimum Gasteiger partial charge on any atom is -0.464 e. The molecule has 0 saturated heterocycles. The molecule has 2 heterocycles. The van der Waals surface area contributed by atoms with Crippen LogP contribution in [0.5, 0.6) is 0 Å². The Morgan fingerprint density at radius 1 is 1.25 bits per heavy atom. The number of aromatic nitrogens is 2. The molecule has 2 amide bonds. The van der Waals surface area contributed by atoms with Gasteiger partial charge in [0.2, 0.25) is 5.91 Å². The van der Waals surface area contributed by atoms with Crippen LogP contribution in [0.1, 0.15) is 86.7 Å². The number of esters is 1. The number of ether oxygens (including phenoxy) is 2. The molecule has 0 aromatic carbocycles. The van der Waals surface area contributed by atoms with Crippen molar-refractivity contribution in [3.8, 4) is 0 Å². The fourth-order valence-electron chi connectivity index (χ4n) is 4.59. The van der Waals surface area contributed by atoms with Gasteiger partial charge in [0, 0.05) is 19.2 Å². The monoisotopic (exact) mass is 448 g/mol. The fourth-order valence-corrected chi connectivity index (χ4v) is 4.59. The maximum absolute atomic E-state index is 13.6. The molecule has 9 nitrogen and oxygen atoms in total. The van der Waals surface area contributed by atoms with Crippen molar-refractivity contribution < 1.29 is 23.9 Å². The van der Waals surface area contributed by atoms with E-state index in [0.29, 0.717) is 19.6 Å². The fraction of sp³-hybridized carbons (Fsp3) is 0.739. The first-order chi connectivity index (χ1) is 15.3. The highest BCUT2D eigenvalue weighted by Gasteiger charge is 2.49. The third kappa shape index (κ3) is 5.14. The number of rotatable bonds is 8. The van der Waals surface area contributed by atoms with Crippen molar-refractivity contribution in [3.05, 3.63) is 17.7 Å². The molecular weight excluding hydrogens is 412 g/mol. The van der Waals surface area contributed by atoms with Crippen LogP contribution in [-0.4, -0.2) is 70.2 Å². The summed E-state index contributed by atoms with van der Waals surface area (Å²) in [5.41, 5.74) is -0.948. The highest BCUT2D eigenvalue weighted by atomic mass is 16.5. The summed E-state index contributed by atoms with van der Waals surface area (Å²) in [4.78, 5) is 44.9. The first-order valence-electron chi connectivity index (χ1n) is 11.7. The summed E-state index contributed by atoms with van der Waals surface area (Å²) in [5, 5.41) is 3.21. The van der Waals surface area contributed by atoms with Crippen LogP contribution in [0.4, 0.5) is 0 Å². The number of amides is 2. The molecule has 0 bridgehead atoms. The van der Waals surface area contributed by atoms with E-state index in [1.807, 2.05) is 13.8 Å². The van der Waals surface area contributed by atoms with E-state index in [-0.39, 0.29) is 36.0 Å². The van der Waals surface area contributed by atoms with E-state index in [9.17, 15) is 14.4 Å². The molecule has 3 rings (SSSR count). The van der Waals surface area contributed by atoms with Gasteiger partial charge in [-0.25, -0.2) is 9.78 Å². The predicted octanol–water partition coefficient (Wildman–Crippen LogP) is 2.54. The van der Waals surface area contributed by atoms with Crippen LogP contribution in [0.3, 0.4) is 0 Å². The molecule has 0 spiro atoms. The van der Waals surface area contributed by atoms with Gasteiger partial charge in [0.25, 0.3) is 5.91 Å². The molecule has 1 atom stereocenters. The highest BCUT2D eigenvalue weighted by molar-refractivity contribution is 6.06. The zero-order chi connectivity index (χ0) is 23.3. The molecule has 178 valence electrons. The Bertz CT molecular complexity index is 828. The molecule has 1 aliphatic carbocycles. The number of hydrogen-bond acceptors (Lipinski definition) is 6. The molecular formula is C23H36N4O5. The van der Waals surface area contributed by atoms with E-state index >= 15 is 0 Å². The largest absolute Gasteiger partial charge is 0.464 e. The standard InChI is InChI=1S/C23H36N4O5/c1-16(2)32-13-9-12-27-20(28)19-18(21(29)31-4)24-15-26(19)14-23(27,3)22(30)25-17-10-7-5-6-8-11-17/h15-17H,5-14H2,1-4H3,(H,25,30). The number of nitrogens with one attached hydrogen (secondary N) is 1. The van der Waals surface area contributed by atoms with E-state index in [2.05, 4.69) is 10.3 Å². The number of nitrogens with zero attached hydrogens (tertiary/aromatic N) is 3. The molecule has 1 N–H and O–H groups in total. The summed E-state index contributed by atoms with van der Waals surface area (Å²) in [6.45, 7) is 6.74. The lowest BCUT2D eigenvalue weighted by atomic mass is 9.93. The van der Waals surface area contributed by atoms with Crippen molar-refractivity contribution in [2.45, 2.75) is 89.9 Å². The number of carbonyl (C=O) groups is 3. The Hall–Kier alpha value is -2.42. The van der Waals surface area contributed by atoms with Crippen molar-refractivity contribution in [2.24, 2.45) is 0 Å². The van der Waals surface area contributed by atoms with Gasteiger partial charge in [-0.15, -0.1) is 0 Å². The van der Waals surface area contributed by atoms with Gasteiger partial charge in [0.1, 0.15) is 11.2 Å². The van der Waals surface area contributed by atoms with Crippen LogP contribution in [-0.2, 0) is 20.8 Å². The summed E-state index contributed by atoms with van der Waals surface area (Å²) in [6, 6.07) is 0.123. The second kappa shape index (κ2) is 10.5. The maximum atomic E-state index is 13.6. The van der Waals surface area contributed by atoms with Crippen LogP contribution < -0.4 is 5.32 Å². The average Bonchev–Trinajstić information content (AvgIpc) is 3.00. The van der Waals surface area contributed by atoms with E-state index in [1.54, 1.807) is 16.4 Å². The number of hydrogen-bond donors (Lipinski definition) is 1. The van der Waals surface area contributed by atoms with Gasteiger partial charge in [0.15, 0.2) is 5.69 Å². The molecule has 9 heteroatoms. The molecule has 1 aliphatic heterocycles. The molecule has 32 heavy (non-hydrogen) atoms. The molecule has 1 unspecified atom stereocenters. The van der Waals surface area contributed by atoms with Crippen molar-refractivity contribution in [3.63, 3.8) is 0 Å². The van der Waals surface area contributed by atoms with Crippen LogP contribution in [0.2, 0.25) is 0 Å². The predicted molar refractivity (Wildman–Crippen MR) is 118 cm³/mol. The molecule has 1 saturated carbocycles. The van der Waals surface area contributed by atoms with Gasteiger partial charge in [-0.1, -0.05) is 25.7 Å². The van der Waals surface area contributed by atoms with Crippen LogP contribution >= 0.6 is 0 Å². The van der Waals surface area contributed by atoms with E-state index in [1.165, 1.54) is 26.3 Å². The van der Waals surface area contributed by atoms with Gasteiger partial charge in [-0.3, -0.25) is 9.59 Å². The Morgan fingerprint density at radius 2 is 1.94 bits per heavy atom. The quantitative estimate of drug-likeness (QED) is 0.372.